The Morgan fingerprint density at radius 3 is 2.54 bits per heavy atom. The highest BCUT2D eigenvalue weighted by molar-refractivity contribution is 6.06. The van der Waals surface area contributed by atoms with Crippen LogP contribution in [0.2, 0.25) is 0 Å². The van der Waals surface area contributed by atoms with Crippen LogP contribution in [0.3, 0.4) is 0 Å². The number of fused-ring (bicyclic) bond motifs is 1. The van der Waals surface area contributed by atoms with Crippen LogP contribution in [0.5, 0.6) is 0 Å². The summed E-state index contributed by atoms with van der Waals surface area (Å²) in [5.74, 6) is -2.46. The van der Waals surface area contributed by atoms with E-state index in [9.17, 15) is 18.8 Å². The topological polar surface area (TPSA) is 93.9 Å². The van der Waals surface area contributed by atoms with E-state index in [1.807, 2.05) is 39.0 Å². The van der Waals surface area contributed by atoms with Gasteiger partial charge in [0, 0.05) is 49.4 Å². The van der Waals surface area contributed by atoms with Crippen LogP contribution >= 0.6 is 0 Å². The molecule has 4 rings (SSSR count). The molecule has 7 nitrogen and oxygen atoms in total. The maximum Gasteiger partial charge on any atom is 0.255 e. The van der Waals surface area contributed by atoms with Crippen molar-refractivity contribution in [3.63, 3.8) is 0 Å². The zero-order valence-corrected chi connectivity index (χ0v) is 20.2. The molecule has 1 saturated heterocycles. The van der Waals surface area contributed by atoms with Gasteiger partial charge in [0.05, 0.1) is 28.9 Å². The third-order valence-corrected chi connectivity index (χ3v) is 6.70. The fraction of sp³-hybridized carbons (Fsp3) is 0.385. The molecule has 182 valence electrons. The number of amides is 1. The number of alkyl halides is 2. The van der Waals surface area contributed by atoms with E-state index in [0.29, 0.717) is 28.3 Å². The van der Waals surface area contributed by atoms with Crippen molar-refractivity contribution < 1.29 is 13.6 Å². The lowest BCUT2D eigenvalue weighted by Crippen LogP contribution is -2.42. The van der Waals surface area contributed by atoms with Gasteiger partial charge in [-0.1, -0.05) is 12.1 Å². The summed E-state index contributed by atoms with van der Waals surface area (Å²) in [6.45, 7) is 5.76. The molecule has 2 aromatic carbocycles. The average Bonchev–Trinajstić information content (AvgIpc) is 2.84. The van der Waals surface area contributed by atoms with E-state index < -0.39 is 5.92 Å². The number of nitriles is 1. The number of aromatic nitrogens is 2. The van der Waals surface area contributed by atoms with Gasteiger partial charge in [0.2, 0.25) is 0 Å². The van der Waals surface area contributed by atoms with E-state index >= 15 is 0 Å². The summed E-state index contributed by atoms with van der Waals surface area (Å²) < 4.78 is 27.2. The van der Waals surface area contributed by atoms with E-state index in [2.05, 4.69) is 26.9 Å². The summed E-state index contributed by atoms with van der Waals surface area (Å²) in [5, 5.41) is 26.0. The second-order valence-electron chi connectivity index (χ2n) is 8.97. The predicted molar refractivity (Wildman–Crippen MR) is 132 cm³/mol. The van der Waals surface area contributed by atoms with Crippen molar-refractivity contribution >= 4 is 28.2 Å². The van der Waals surface area contributed by atoms with Crippen molar-refractivity contribution in [3.8, 4) is 6.07 Å². The monoisotopic (exact) mass is 478 g/mol. The van der Waals surface area contributed by atoms with Crippen LogP contribution < -0.4 is 10.6 Å². The summed E-state index contributed by atoms with van der Waals surface area (Å²) in [7, 11) is 1.72. The minimum atomic E-state index is -2.72. The van der Waals surface area contributed by atoms with Gasteiger partial charge in [-0.15, -0.1) is 5.10 Å². The number of benzene rings is 2. The standard InChI is InChI=1S/C26H28F2N6O/c1-15-18(14-29)6-5-7-19(15)16(2)31-24-21-13-23(30-4)22(12-20(21)17(3)32-33-24)25(35)34-10-8-26(27,28)9-11-34/h5-7,12-13,16,30H,8-11H2,1-4H3,(H,31,33)/t16-/m1/s1. The second kappa shape index (κ2) is 9.45. The third-order valence-electron chi connectivity index (χ3n) is 6.70. The van der Waals surface area contributed by atoms with E-state index in [-0.39, 0.29) is 37.9 Å². The average molecular weight is 479 g/mol. The normalized spacial score (nSPS) is 16.0. The second-order valence-corrected chi connectivity index (χ2v) is 8.97. The minimum Gasteiger partial charge on any atom is -0.387 e. The molecule has 1 aliphatic rings. The lowest BCUT2D eigenvalue weighted by molar-refractivity contribution is -0.0494. The largest absolute Gasteiger partial charge is 0.387 e. The first-order valence-electron chi connectivity index (χ1n) is 11.6. The van der Waals surface area contributed by atoms with E-state index in [1.54, 1.807) is 19.2 Å². The highest BCUT2D eigenvalue weighted by Gasteiger charge is 2.36. The molecule has 1 aromatic heterocycles. The first-order chi connectivity index (χ1) is 16.6. The van der Waals surface area contributed by atoms with Gasteiger partial charge in [0.1, 0.15) is 0 Å². The van der Waals surface area contributed by atoms with Gasteiger partial charge >= 0.3 is 0 Å². The van der Waals surface area contributed by atoms with E-state index in [1.165, 1.54) is 4.90 Å². The maximum absolute atomic E-state index is 13.6. The molecule has 0 spiro atoms. The molecule has 0 unspecified atom stereocenters. The lowest BCUT2D eigenvalue weighted by Gasteiger charge is -2.32. The number of carbonyl (C=O) groups is 1. The number of carbonyl (C=O) groups excluding carboxylic acids is 1. The van der Waals surface area contributed by atoms with Gasteiger partial charge in [0.15, 0.2) is 5.82 Å². The molecule has 1 aliphatic heterocycles. The number of halogens is 2. The molecule has 0 bridgehead atoms. The highest BCUT2D eigenvalue weighted by atomic mass is 19.3. The Balaban J connectivity index is 1.71. The molecule has 0 aliphatic carbocycles. The number of hydrogen-bond acceptors (Lipinski definition) is 6. The van der Waals surface area contributed by atoms with Crippen LogP contribution in [0.4, 0.5) is 20.3 Å². The van der Waals surface area contributed by atoms with E-state index in [4.69, 9.17) is 0 Å². The summed E-state index contributed by atoms with van der Waals surface area (Å²) in [6.07, 6.45) is -0.659. The number of nitrogens with one attached hydrogen (secondary N) is 2. The zero-order chi connectivity index (χ0) is 25.3. The minimum absolute atomic E-state index is 0.0199. The summed E-state index contributed by atoms with van der Waals surface area (Å²) in [5.41, 5.74) is 4.15. The Bertz CT molecular complexity index is 1320. The molecule has 1 amide bonds. The smallest absolute Gasteiger partial charge is 0.255 e. The van der Waals surface area contributed by atoms with Crippen molar-refractivity contribution in [2.75, 3.05) is 30.8 Å². The quantitative estimate of drug-likeness (QED) is 0.523. The maximum atomic E-state index is 13.6. The molecule has 3 aromatic rings. The van der Waals surface area contributed by atoms with Gasteiger partial charge in [-0.3, -0.25) is 4.79 Å². The molecule has 2 heterocycles. The van der Waals surface area contributed by atoms with E-state index in [0.717, 1.165) is 21.9 Å². The molecule has 0 saturated carbocycles. The Morgan fingerprint density at radius 2 is 1.89 bits per heavy atom. The van der Waals surface area contributed by atoms with Crippen LogP contribution in [0.25, 0.3) is 10.8 Å². The SMILES string of the molecule is CNc1cc2c(N[C@H](C)c3cccc(C#N)c3C)nnc(C)c2cc1C(=O)N1CCC(F)(F)CC1. The Morgan fingerprint density at radius 1 is 1.17 bits per heavy atom. The van der Waals surface area contributed by atoms with Crippen molar-refractivity contribution in [1.29, 1.82) is 5.26 Å². The Labute approximate surface area is 203 Å². The third kappa shape index (κ3) is 4.74. The van der Waals surface area contributed by atoms with Gasteiger partial charge in [-0.25, -0.2) is 8.78 Å². The number of likely N-dealkylation sites (tertiary alicyclic amines) is 1. The number of anilines is 2. The van der Waals surface area contributed by atoms with Crippen molar-refractivity contribution in [1.82, 2.24) is 15.1 Å². The molecule has 2 N–H and O–H groups in total. The number of nitrogens with zero attached hydrogens (tertiary/aromatic N) is 4. The predicted octanol–water partition coefficient (Wildman–Crippen LogP) is 5.20. The molecule has 0 radical (unpaired) electrons. The Hall–Kier alpha value is -3.80. The fourth-order valence-corrected chi connectivity index (χ4v) is 4.55. The van der Waals surface area contributed by atoms with Gasteiger partial charge in [-0.05, 0) is 50.1 Å². The molecule has 35 heavy (non-hydrogen) atoms. The Kier molecular flexibility index (Phi) is 6.57. The fourth-order valence-electron chi connectivity index (χ4n) is 4.55. The van der Waals surface area contributed by atoms with Crippen molar-refractivity contribution in [3.05, 3.63) is 58.3 Å². The summed E-state index contributed by atoms with van der Waals surface area (Å²) in [6, 6.07) is 11.3. The number of rotatable bonds is 5. The number of hydrogen-bond donors (Lipinski definition) is 2. The van der Waals surface area contributed by atoms with Gasteiger partial charge in [-0.2, -0.15) is 10.4 Å². The molecular weight excluding hydrogens is 450 g/mol. The molecule has 1 fully saturated rings. The van der Waals surface area contributed by atoms with Crippen LogP contribution in [0.1, 0.15) is 58.5 Å². The molecular formula is C26H28F2N6O. The van der Waals surface area contributed by atoms with Crippen LogP contribution in [0.15, 0.2) is 30.3 Å². The number of aryl methyl sites for hydroxylation is 1. The van der Waals surface area contributed by atoms with Crippen LogP contribution in [0, 0.1) is 25.2 Å². The van der Waals surface area contributed by atoms with Crippen molar-refractivity contribution in [2.24, 2.45) is 0 Å². The first-order valence-corrected chi connectivity index (χ1v) is 11.6. The lowest BCUT2D eigenvalue weighted by atomic mass is 9.97. The van der Waals surface area contributed by atoms with Gasteiger partial charge in [0.25, 0.3) is 11.8 Å². The first kappa shape index (κ1) is 24.3. The van der Waals surface area contributed by atoms with Gasteiger partial charge < -0.3 is 15.5 Å². The van der Waals surface area contributed by atoms with Crippen LogP contribution in [-0.2, 0) is 0 Å². The summed E-state index contributed by atoms with van der Waals surface area (Å²) in [4.78, 5) is 14.7. The highest BCUT2D eigenvalue weighted by Crippen LogP contribution is 2.34. The summed E-state index contributed by atoms with van der Waals surface area (Å²) >= 11 is 0. The number of piperidine rings is 1. The zero-order valence-electron chi connectivity index (χ0n) is 20.2. The van der Waals surface area contributed by atoms with Crippen molar-refractivity contribution in [2.45, 2.75) is 45.6 Å². The molecule has 9 heteroatoms. The van der Waals surface area contributed by atoms with Crippen LogP contribution in [-0.4, -0.2) is 47.1 Å². The molecule has 1 atom stereocenters.